The summed E-state index contributed by atoms with van der Waals surface area (Å²) >= 11 is -4.97. The van der Waals surface area contributed by atoms with E-state index < -0.39 is 137 Å². The van der Waals surface area contributed by atoms with Crippen molar-refractivity contribution in [3.8, 4) is 17.2 Å². The van der Waals surface area contributed by atoms with Crippen molar-refractivity contribution < 1.29 is 66.9 Å². The summed E-state index contributed by atoms with van der Waals surface area (Å²) < 4.78 is 218. The summed E-state index contributed by atoms with van der Waals surface area (Å²) in [6.45, 7) is 4.35. The average Bonchev–Trinajstić information content (AvgIpc) is 4.48. The number of allylic oxidation sites excluding steroid dienone is 6. The van der Waals surface area contributed by atoms with E-state index >= 15 is 52.7 Å². The van der Waals surface area contributed by atoms with Crippen LogP contribution in [0.25, 0.3) is 16.7 Å². The molecule has 0 unspecified atom stereocenters. The Morgan fingerprint density at radius 2 is 0.646 bits per heavy atom. The van der Waals surface area contributed by atoms with Crippen LogP contribution < -0.4 is 14.2 Å². The Hall–Kier alpha value is -7.85. The first-order valence-corrected chi connectivity index (χ1v) is 28.3. The minimum absolute atomic E-state index is 0.244. The first kappa shape index (κ1) is 55.9. The number of ether oxygens (including phenoxy) is 3. The zero-order valence-corrected chi connectivity index (χ0v) is 44.7. The number of hydrogen-bond donors (Lipinski definition) is 0. The van der Waals surface area contributed by atoms with E-state index in [0.29, 0.717) is 19.3 Å². The van der Waals surface area contributed by atoms with Crippen LogP contribution >= 0.6 is 0 Å². The molecule has 3 aliphatic rings. The summed E-state index contributed by atoms with van der Waals surface area (Å²) in [4.78, 5) is 12.8. The van der Waals surface area contributed by atoms with Crippen LogP contribution in [0.1, 0.15) is 93.1 Å². The molecule has 9 rings (SSSR count). The van der Waals surface area contributed by atoms with Crippen LogP contribution in [-0.4, -0.2) is 65.2 Å². The van der Waals surface area contributed by atoms with Gasteiger partial charge in [0.1, 0.15) is 0 Å². The van der Waals surface area contributed by atoms with Crippen molar-refractivity contribution in [2.45, 2.75) is 59.3 Å². The minimum atomic E-state index is -4.97. The van der Waals surface area contributed by atoms with E-state index in [1.807, 2.05) is 0 Å². The van der Waals surface area contributed by atoms with Crippen LogP contribution in [0.4, 0.5) is 52.7 Å². The number of hydrogen-bond acceptors (Lipinski definition) is 6. The zero-order chi connectivity index (χ0) is 56.2. The molecule has 9 nitrogen and oxygen atoms in total. The van der Waals surface area contributed by atoms with E-state index in [4.69, 9.17) is 14.2 Å². The van der Waals surface area contributed by atoms with Gasteiger partial charge in [-0.25, -0.2) is 0 Å². The van der Waals surface area contributed by atoms with Gasteiger partial charge in [-0.2, -0.15) is 0 Å². The number of aromatic nitrogens is 3. The van der Waals surface area contributed by atoms with Gasteiger partial charge in [0.25, 0.3) is 0 Å². The molecule has 3 aliphatic heterocycles. The third-order valence-electron chi connectivity index (χ3n) is 12.9. The fourth-order valence-corrected chi connectivity index (χ4v) is 15.4. The Labute approximate surface area is 450 Å². The molecule has 0 atom stereocenters. The van der Waals surface area contributed by atoms with Crippen LogP contribution in [0.5, 0.6) is 17.2 Å². The molecule has 22 heteroatoms. The molecular weight excluding hydrogens is 1110 g/mol. The summed E-state index contributed by atoms with van der Waals surface area (Å²) in [5.74, 6) is -26.6. The maximum atomic E-state index is 16.8. The Kier molecular flexibility index (Phi) is 17.0. The molecular formula is C57H45F12GaN6O3. The van der Waals surface area contributed by atoms with Gasteiger partial charge >= 0.3 is 452 Å². The van der Waals surface area contributed by atoms with E-state index in [-0.39, 0.29) is 73.3 Å². The second-order valence-electron chi connectivity index (χ2n) is 17.9. The van der Waals surface area contributed by atoms with Crippen molar-refractivity contribution in [1.82, 2.24) is 9.82 Å². The third-order valence-corrected chi connectivity index (χ3v) is 18.9. The van der Waals surface area contributed by atoms with E-state index in [9.17, 15) is 0 Å². The number of aliphatic imine (C=N–C) groups is 3. The summed E-state index contributed by atoms with van der Waals surface area (Å²) in [5, 5.41) is 0. The quantitative estimate of drug-likeness (QED) is 0.0312. The maximum absolute atomic E-state index is 16.8. The molecule has 0 amide bonds. The van der Waals surface area contributed by atoms with E-state index in [2.05, 4.69) is 15.0 Å². The number of rotatable bonds is 21. The first-order valence-electron chi connectivity index (χ1n) is 25.0. The summed E-state index contributed by atoms with van der Waals surface area (Å²) in [6, 6.07) is 7.98. The van der Waals surface area contributed by atoms with Crippen LogP contribution in [0.2, 0.25) is 0 Å². The number of unbranched alkanes of at least 4 members (excludes halogenated alkanes) is 3. The van der Waals surface area contributed by atoms with E-state index in [1.54, 1.807) is 20.8 Å². The van der Waals surface area contributed by atoms with Gasteiger partial charge < -0.3 is 0 Å². The molecule has 6 aromatic rings. The average molecular weight is 1160 g/mol. The predicted octanol–water partition coefficient (Wildman–Crippen LogP) is 14.4. The van der Waals surface area contributed by atoms with Gasteiger partial charge in [-0.3, -0.25) is 0 Å². The molecule has 0 N–H and O–H groups in total. The monoisotopic (exact) mass is 1160 g/mol. The van der Waals surface area contributed by atoms with Gasteiger partial charge in [-0.1, -0.05) is 0 Å². The molecule has 0 aliphatic carbocycles. The predicted molar refractivity (Wildman–Crippen MR) is 276 cm³/mol. The fourth-order valence-electron chi connectivity index (χ4n) is 9.16. The Morgan fingerprint density at radius 3 is 0.861 bits per heavy atom. The molecule has 0 bridgehead atoms. The Balaban J connectivity index is 1.36. The molecule has 0 saturated heterocycles. The van der Waals surface area contributed by atoms with Crippen molar-refractivity contribution in [3.63, 3.8) is 0 Å². The number of halogens is 12. The molecule has 0 fully saturated rings. The molecule has 0 spiro atoms. The third kappa shape index (κ3) is 10.3. The molecule has 0 saturated carbocycles. The molecule has 3 aromatic carbocycles. The van der Waals surface area contributed by atoms with Crippen LogP contribution in [0, 0.1) is 69.8 Å². The standard InChI is InChI=1S/3C19H15F4N2O.Ga/c3*1-2-3-10-26-19-17(22)15(20)14(16(21)18(19)23)13(11-6-4-8-24-11)12-7-5-9-25-12;/h3*4-9H,2-3,10H2,1H3;/q3*-1;+3/b3*13-11+;. The zero-order valence-electron chi connectivity index (χ0n) is 42.3. The molecule has 79 heavy (non-hydrogen) atoms. The topological polar surface area (TPSA) is 79.6 Å². The van der Waals surface area contributed by atoms with Crippen LogP contribution in [0.15, 0.2) is 124 Å². The van der Waals surface area contributed by atoms with Crippen molar-refractivity contribution in [3.05, 3.63) is 212 Å². The first-order chi connectivity index (χ1) is 38.2. The summed E-state index contributed by atoms with van der Waals surface area (Å²) in [6.07, 6.45) is 18.0. The molecule has 0 radical (unpaired) electrons. The summed E-state index contributed by atoms with van der Waals surface area (Å²) in [7, 11) is 0. The SMILES string of the molecule is CCCCOc1c(F)c(F)c(/C(=C2\C=CC=N2)c2ccc[n]2[Ga]([n]2cccc2/C(=C2/C=CC=N2)c2c(F)c(F)c(OCCCC)c(F)c2F)[n]2cccc2/C(=C2/C=CC=N2)c2c(F)c(F)c(OCCCC)c(F)c2F)c(F)c1F. The van der Waals surface area contributed by atoms with Crippen LogP contribution in [-0.2, 0) is 0 Å². The molecule has 3 aromatic heterocycles. The number of nitrogens with zero attached hydrogens (tertiary/aromatic N) is 6. The van der Waals surface area contributed by atoms with Crippen molar-refractivity contribution in [2.24, 2.45) is 15.0 Å². The Morgan fingerprint density at radius 1 is 0.392 bits per heavy atom. The van der Waals surface area contributed by atoms with Gasteiger partial charge in [-0.15, -0.1) is 0 Å². The number of benzene rings is 3. The molecule has 6 heterocycles. The van der Waals surface area contributed by atoms with Gasteiger partial charge in [0.15, 0.2) is 0 Å². The second-order valence-corrected chi connectivity index (χ2v) is 22.9. The summed E-state index contributed by atoms with van der Waals surface area (Å²) in [5.41, 5.74) is -6.93. The van der Waals surface area contributed by atoms with Gasteiger partial charge in [0.2, 0.25) is 0 Å². The Bertz CT molecular complexity index is 3170. The van der Waals surface area contributed by atoms with Gasteiger partial charge in [-0.05, 0) is 0 Å². The van der Waals surface area contributed by atoms with E-state index in [0.717, 1.165) is 0 Å². The molecule has 408 valence electrons. The second kappa shape index (κ2) is 24.0. The van der Waals surface area contributed by atoms with Crippen molar-refractivity contribution in [2.75, 3.05) is 19.8 Å². The van der Waals surface area contributed by atoms with E-state index in [1.165, 1.54) is 120 Å². The van der Waals surface area contributed by atoms with Gasteiger partial charge in [0, 0.05) is 0 Å². The normalized spacial score (nSPS) is 15.4. The fraction of sp³-hybridized carbons (Fsp3) is 0.211. The van der Waals surface area contributed by atoms with Crippen LogP contribution in [0.3, 0.4) is 0 Å². The van der Waals surface area contributed by atoms with Gasteiger partial charge in [0.05, 0.1) is 0 Å². The van der Waals surface area contributed by atoms with Crippen molar-refractivity contribution >= 4 is 52.3 Å². The van der Waals surface area contributed by atoms with Crippen molar-refractivity contribution in [1.29, 1.82) is 0 Å².